The fraction of sp³-hybridized carbons (Fsp3) is 0.480. The van der Waals surface area contributed by atoms with Crippen LogP contribution in [0.3, 0.4) is 0 Å². The van der Waals surface area contributed by atoms with Gasteiger partial charge in [0.05, 0.1) is 17.0 Å². The molecule has 0 radical (unpaired) electrons. The van der Waals surface area contributed by atoms with Crippen LogP contribution >= 0.6 is 0 Å². The number of aryl methyl sites for hydroxylation is 1. The van der Waals surface area contributed by atoms with E-state index in [1.54, 1.807) is 22.9 Å². The molecule has 0 aliphatic carbocycles. The number of carbonyl (C=O) groups excluding carboxylic acids is 1. The van der Waals surface area contributed by atoms with E-state index in [-0.39, 0.29) is 10.8 Å². The zero-order valence-corrected chi connectivity index (χ0v) is 20.2. The Bertz CT molecular complexity index is 1240. The number of benzene rings is 2. The number of nitrogens with zero attached hydrogens (tertiary/aromatic N) is 5. The van der Waals surface area contributed by atoms with Gasteiger partial charge in [-0.2, -0.15) is 4.31 Å². The van der Waals surface area contributed by atoms with E-state index in [1.807, 2.05) is 11.0 Å². The van der Waals surface area contributed by atoms with Gasteiger partial charge in [0.1, 0.15) is 5.52 Å². The Morgan fingerprint density at radius 1 is 0.971 bits per heavy atom. The second-order valence-electron chi connectivity index (χ2n) is 9.34. The summed E-state index contributed by atoms with van der Waals surface area (Å²) in [6.07, 6.45) is 5.29. The first-order valence-electron chi connectivity index (χ1n) is 12.2. The van der Waals surface area contributed by atoms with Crippen LogP contribution in [0.25, 0.3) is 11.0 Å². The van der Waals surface area contributed by atoms with Crippen molar-refractivity contribution in [1.29, 1.82) is 0 Å². The van der Waals surface area contributed by atoms with Crippen molar-refractivity contribution in [2.75, 3.05) is 26.2 Å². The SMILES string of the molecule is O=C(CCn1nnc2cc(S(=O)(=O)N3CCCC3)ccc21)N1CCC(Cc2ccccc2)CC1. The summed E-state index contributed by atoms with van der Waals surface area (Å²) < 4.78 is 28.9. The normalized spacial score (nSPS) is 18.1. The van der Waals surface area contributed by atoms with Crippen molar-refractivity contribution in [3.05, 3.63) is 54.1 Å². The lowest BCUT2D eigenvalue weighted by atomic mass is 9.90. The summed E-state index contributed by atoms with van der Waals surface area (Å²) in [5, 5.41) is 8.34. The van der Waals surface area contributed by atoms with Gasteiger partial charge in [0, 0.05) is 32.6 Å². The van der Waals surface area contributed by atoms with Crippen LogP contribution in [0.4, 0.5) is 0 Å². The Morgan fingerprint density at radius 2 is 1.71 bits per heavy atom. The maximum Gasteiger partial charge on any atom is 0.243 e. The summed E-state index contributed by atoms with van der Waals surface area (Å²) >= 11 is 0. The summed E-state index contributed by atoms with van der Waals surface area (Å²) in [4.78, 5) is 15.0. The molecule has 8 nitrogen and oxygen atoms in total. The van der Waals surface area contributed by atoms with Gasteiger partial charge in [0.15, 0.2) is 0 Å². The van der Waals surface area contributed by atoms with Crippen LogP contribution in [-0.2, 0) is 27.8 Å². The quantitative estimate of drug-likeness (QED) is 0.517. The zero-order valence-electron chi connectivity index (χ0n) is 19.3. The second-order valence-corrected chi connectivity index (χ2v) is 11.3. The van der Waals surface area contributed by atoms with E-state index in [0.717, 1.165) is 50.7 Å². The topological polar surface area (TPSA) is 88.4 Å². The van der Waals surface area contributed by atoms with E-state index in [4.69, 9.17) is 0 Å². The molecule has 2 saturated heterocycles. The number of fused-ring (bicyclic) bond motifs is 1. The van der Waals surface area contributed by atoms with Crippen LogP contribution in [0.2, 0.25) is 0 Å². The first-order valence-corrected chi connectivity index (χ1v) is 13.6. The smallest absolute Gasteiger partial charge is 0.243 e. The number of hydrogen-bond donors (Lipinski definition) is 0. The van der Waals surface area contributed by atoms with Crippen LogP contribution in [0.1, 0.15) is 37.7 Å². The molecule has 3 aromatic rings. The molecule has 0 unspecified atom stereocenters. The highest BCUT2D eigenvalue weighted by atomic mass is 32.2. The van der Waals surface area contributed by atoms with E-state index in [9.17, 15) is 13.2 Å². The molecular formula is C25H31N5O3S. The Morgan fingerprint density at radius 3 is 2.44 bits per heavy atom. The van der Waals surface area contributed by atoms with Gasteiger partial charge < -0.3 is 4.90 Å². The fourth-order valence-electron chi connectivity index (χ4n) is 5.05. The molecule has 2 aromatic carbocycles. The van der Waals surface area contributed by atoms with Crippen LogP contribution in [0, 0.1) is 5.92 Å². The maximum atomic E-state index is 12.8. The summed E-state index contributed by atoms with van der Waals surface area (Å²) in [7, 11) is -3.49. The Kier molecular flexibility index (Phi) is 6.65. The van der Waals surface area contributed by atoms with Crippen molar-refractivity contribution < 1.29 is 13.2 Å². The predicted octanol–water partition coefficient (Wildman–Crippen LogP) is 3.09. The van der Waals surface area contributed by atoms with E-state index in [0.29, 0.717) is 37.5 Å². The average molecular weight is 482 g/mol. The standard InChI is InChI=1S/C25H31N5O3S/c31-25(28-15-10-21(11-16-28)18-20-6-2-1-3-7-20)12-17-30-24-9-8-22(19-23(24)26-27-30)34(32,33)29-13-4-5-14-29/h1-3,6-9,19,21H,4-5,10-18H2. The van der Waals surface area contributed by atoms with Crippen molar-refractivity contribution in [1.82, 2.24) is 24.2 Å². The van der Waals surface area contributed by atoms with Crippen molar-refractivity contribution in [2.24, 2.45) is 5.92 Å². The fourth-order valence-corrected chi connectivity index (χ4v) is 6.59. The number of carbonyl (C=O) groups is 1. The summed E-state index contributed by atoms with van der Waals surface area (Å²) in [5.41, 5.74) is 2.64. The monoisotopic (exact) mass is 481 g/mol. The lowest BCUT2D eigenvalue weighted by Crippen LogP contribution is -2.39. The molecule has 0 N–H and O–H groups in total. The van der Waals surface area contributed by atoms with Gasteiger partial charge in [0.2, 0.25) is 15.9 Å². The van der Waals surface area contributed by atoms with Gasteiger partial charge in [-0.3, -0.25) is 4.79 Å². The molecule has 34 heavy (non-hydrogen) atoms. The van der Waals surface area contributed by atoms with E-state index >= 15 is 0 Å². The number of piperidine rings is 1. The third kappa shape index (κ3) is 4.86. The average Bonchev–Trinajstić information content (AvgIpc) is 3.54. The molecule has 1 aromatic heterocycles. The molecule has 0 saturated carbocycles. The Balaban J connectivity index is 1.16. The molecule has 2 aliphatic rings. The largest absolute Gasteiger partial charge is 0.343 e. The van der Waals surface area contributed by atoms with Gasteiger partial charge in [-0.1, -0.05) is 35.5 Å². The van der Waals surface area contributed by atoms with Gasteiger partial charge in [0.25, 0.3) is 0 Å². The van der Waals surface area contributed by atoms with Crippen molar-refractivity contribution in [3.63, 3.8) is 0 Å². The molecule has 2 fully saturated rings. The number of sulfonamides is 1. The van der Waals surface area contributed by atoms with E-state index in [2.05, 4.69) is 34.6 Å². The number of amides is 1. The third-order valence-corrected chi connectivity index (χ3v) is 8.95. The molecule has 9 heteroatoms. The van der Waals surface area contributed by atoms with Gasteiger partial charge in [-0.25, -0.2) is 13.1 Å². The van der Waals surface area contributed by atoms with E-state index in [1.165, 1.54) is 9.87 Å². The summed E-state index contributed by atoms with van der Waals surface area (Å²) in [5.74, 6) is 0.756. The molecule has 0 bridgehead atoms. The molecule has 2 aliphatic heterocycles. The highest BCUT2D eigenvalue weighted by Gasteiger charge is 2.28. The maximum absolute atomic E-state index is 12.8. The number of hydrogen-bond acceptors (Lipinski definition) is 5. The molecule has 1 amide bonds. The van der Waals surface area contributed by atoms with Crippen LogP contribution in [0.5, 0.6) is 0 Å². The first kappa shape index (κ1) is 23.0. The van der Waals surface area contributed by atoms with Crippen LogP contribution < -0.4 is 0 Å². The number of rotatable bonds is 7. The summed E-state index contributed by atoms with van der Waals surface area (Å²) in [6.45, 7) is 3.16. The van der Waals surface area contributed by atoms with Crippen LogP contribution in [0.15, 0.2) is 53.4 Å². The number of likely N-dealkylation sites (tertiary alicyclic amines) is 1. The lowest BCUT2D eigenvalue weighted by molar-refractivity contribution is -0.132. The van der Waals surface area contributed by atoms with Gasteiger partial charge in [-0.05, 0) is 61.8 Å². The first-order chi connectivity index (χ1) is 16.5. The van der Waals surface area contributed by atoms with Gasteiger partial charge >= 0.3 is 0 Å². The second kappa shape index (κ2) is 9.84. The zero-order chi connectivity index (χ0) is 23.5. The minimum atomic E-state index is -3.49. The molecule has 5 rings (SSSR count). The van der Waals surface area contributed by atoms with Gasteiger partial charge in [-0.15, -0.1) is 5.10 Å². The Hall–Kier alpha value is -2.78. The van der Waals surface area contributed by atoms with Crippen molar-refractivity contribution in [3.8, 4) is 0 Å². The number of aromatic nitrogens is 3. The highest BCUT2D eigenvalue weighted by molar-refractivity contribution is 7.89. The highest BCUT2D eigenvalue weighted by Crippen LogP contribution is 2.25. The summed E-state index contributed by atoms with van der Waals surface area (Å²) in [6, 6.07) is 15.5. The molecule has 3 heterocycles. The predicted molar refractivity (Wildman–Crippen MR) is 130 cm³/mol. The molecular weight excluding hydrogens is 450 g/mol. The van der Waals surface area contributed by atoms with Crippen LogP contribution in [-0.4, -0.2) is 64.7 Å². The third-order valence-electron chi connectivity index (χ3n) is 7.06. The Labute approximate surface area is 200 Å². The molecule has 0 spiro atoms. The molecule has 180 valence electrons. The minimum Gasteiger partial charge on any atom is -0.343 e. The van der Waals surface area contributed by atoms with E-state index < -0.39 is 10.0 Å². The molecule has 0 atom stereocenters. The minimum absolute atomic E-state index is 0.134. The lowest BCUT2D eigenvalue weighted by Gasteiger charge is -2.32. The van der Waals surface area contributed by atoms with Crippen molar-refractivity contribution in [2.45, 2.75) is 50.0 Å². The van der Waals surface area contributed by atoms with Crippen molar-refractivity contribution >= 4 is 27.0 Å².